The molecule has 1 aromatic carbocycles. The van der Waals surface area contributed by atoms with E-state index in [0.29, 0.717) is 5.82 Å². The first-order valence-corrected chi connectivity index (χ1v) is 7.07. The minimum Gasteiger partial charge on any atom is -0.343 e. The highest BCUT2D eigenvalue weighted by atomic mass is 16.2. The van der Waals surface area contributed by atoms with Crippen LogP contribution in [0.3, 0.4) is 0 Å². The topological polar surface area (TPSA) is 92.7 Å². The van der Waals surface area contributed by atoms with Crippen LogP contribution in [-0.2, 0) is 6.54 Å². The minimum atomic E-state index is -0.373. The Bertz CT molecular complexity index is 883. The van der Waals surface area contributed by atoms with Crippen molar-refractivity contribution in [2.75, 3.05) is 0 Å². The van der Waals surface area contributed by atoms with Crippen LogP contribution in [0.25, 0.3) is 5.69 Å². The van der Waals surface area contributed by atoms with Gasteiger partial charge in [0.15, 0.2) is 5.82 Å². The Morgan fingerprint density at radius 1 is 1.26 bits per heavy atom. The van der Waals surface area contributed by atoms with E-state index < -0.39 is 0 Å². The average Bonchev–Trinajstić information content (AvgIpc) is 3.01. The second-order valence-corrected chi connectivity index (χ2v) is 5.06. The molecular weight excluding hydrogens is 294 g/mol. The maximum Gasteiger partial charge on any atom is 0.268 e. The Morgan fingerprint density at radius 3 is 2.78 bits per heavy atom. The van der Waals surface area contributed by atoms with Crippen molar-refractivity contribution in [3.8, 4) is 5.69 Å². The SMILES string of the molecule is Cc1cc(C(=O)NCc2ncn(-c3ccccc3)n2)[nH]c(=O)c1. The number of aryl methyl sites for hydroxylation is 1. The Labute approximate surface area is 132 Å². The van der Waals surface area contributed by atoms with E-state index in [1.54, 1.807) is 24.0 Å². The molecule has 0 aliphatic rings. The number of H-pyrrole nitrogens is 1. The first kappa shape index (κ1) is 14.7. The van der Waals surface area contributed by atoms with Crippen LogP contribution in [0.1, 0.15) is 21.9 Å². The Kier molecular flexibility index (Phi) is 4.01. The fraction of sp³-hybridized carbons (Fsp3) is 0.125. The first-order valence-electron chi connectivity index (χ1n) is 7.07. The molecule has 0 fully saturated rings. The van der Waals surface area contributed by atoms with Crippen molar-refractivity contribution >= 4 is 5.91 Å². The summed E-state index contributed by atoms with van der Waals surface area (Å²) in [4.78, 5) is 30.1. The summed E-state index contributed by atoms with van der Waals surface area (Å²) in [7, 11) is 0. The molecule has 1 amide bonds. The molecule has 116 valence electrons. The van der Waals surface area contributed by atoms with Gasteiger partial charge in [0, 0.05) is 6.07 Å². The highest BCUT2D eigenvalue weighted by molar-refractivity contribution is 5.92. The molecule has 2 heterocycles. The maximum absolute atomic E-state index is 12.1. The molecule has 0 atom stereocenters. The minimum absolute atomic E-state index is 0.175. The number of benzene rings is 1. The molecule has 0 saturated carbocycles. The molecule has 0 spiro atoms. The second-order valence-electron chi connectivity index (χ2n) is 5.06. The van der Waals surface area contributed by atoms with Gasteiger partial charge in [-0.3, -0.25) is 9.59 Å². The predicted octanol–water partition coefficient (Wildman–Crippen LogP) is 1.19. The molecule has 2 aromatic heterocycles. The standard InChI is InChI=1S/C16H15N5O2/c1-11-7-13(19-15(22)8-11)16(23)17-9-14-18-10-21(20-14)12-5-3-2-4-6-12/h2-8,10H,9H2,1H3,(H,17,23)(H,19,22). The van der Waals surface area contributed by atoms with Crippen molar-refractivity contribution in [2.45, 2.75) is 13.5 Å². The van der Waals surface area contributed by atoms with Gasteiger partial charge in [-0.05, 0) is 30.7 Å². The van der Waals surface area contributed by atoms with Gasteiger partial charge in [-0.25, -0.2) is 9.67 Å². The Hall–Kier alpha value is -3.22. The number of rotatable bonds is 4. The molecule has 0 saturated heterocycles. The summed E-state index contributed by atoms with van der Waals surface area (Å²) in [6.45, 7) is 1.93. The van der Waals surface area contributed by atoms with Crippen molar-refractivity contribution in [1.29, 1.82) is 0 Å². The van der Waals surface area contributed by atoms with E-state index in [4.69, 9.17) is 0 Å². The number of aromatic nitrogens is 4. The lowest BCUT2D eigenvalue weighted by Gasteiger charge is -2.03. The van der Waals surface area contributed by atoms with E-state index in [1.165, 1.54) is 6.07 Å². The molecule has 2 N–H and O–H groups in total. The van der Waals surface area contributed by atoms with Crippen molar-refractivity contribution in [2.24, 2.45) is 0 Å². The largest absolute Gasteiger partial charge is 0.343 e. The van der Waals surface area contributed by atoms with E-state index in [0.717, 1.165) is 11.3 Å². The zero-order valence-electron chi connectivity index (χ0n) is 12.5. The third-order valence-corrected chi connectivity index (χ3v) is 3.20. The van der Waals surface area contributed by atoms with Crippen molar-refractivity contribution in [3.05, 3.63) is 76.2 Å². The summed E-state index contributed by atoms with van der Waals surface area (Å²) in [5.74, 6) is 0.110. The lowest BCUT2D eigenvalue weighted by atomic mass is 10.2. The summed E-state index contributed by atoms with van der Waals surface area (Å²) >= 11 is 0. The average molecular weight is 309 g/mol. The third-order valence-electron chi connectivity index (χ3n) is 3.20. The number of para-hydroxylation sites is 1. The Morgan fingerprint density at radius 2 is 2.04 bits per heavy atom. The van der Waals surface area contributed by atoms with Gasteiger partial charge in [-0.2, -0.15) is 0 Å². The van der Waals surface area contributed by atoms with Gasteiger partial charge in [-0.1, -0.05) is 18.2 Å². The van der Waals surface area contributed by atoms with Crippen LogP contribution in [0.2, 0.25) is 0 Å². The van der Waals surface area contributed by atoms with E-state index in [9.17, 15) is 9.59 Å². The van der Waals surface area contributed by atoms with Gasteiger partial charge in [0.25, 0.3) is 5.91 Å². The van der Waals surface area contributed by atoms with Crippen LogP contribution in [0, 0.1) is 6.92 Å². The summed E-state index contributed by atoms with van der Waals surface area (Å²) in [6.07, 6.45) is 1.59. The van der Waals surface area contributed by atoms with Gasteiger partial charge in [0.05, 0.1) is 12.2 Å². The van der Waals surface area contributed by atoms with Crippen molar-refractivity contribution in [3.63, 3.8) is 0 Å². The molecule has 0 bridgehead atoms. The highest BCUT2D eigenvalue weighted by Crippen LogP contribution is 2.04. The zero-order chi connectivity index (χ0) is 16.2. The number of hydrogen-bond acceptors (Lipinski definition) is 4. The number of pyridine rings is 1. The molecule has 0 unspecified atom stereocenters. The van der Waals surface area contributed by atoms with Gasteiger partial charge >= 0.3 is 0 Å². The monoisotopic (exact) mass is 309 g/mol. The van der Waals surface area contributed by atoms with E-state index in [2.05, 4.69) is 20.4 Å². The zero-order valence-corrected chi connectivity index (χ0v) is 12.5. The van der Waals surface area contributed by atoms with Gasteiger partial charge in [0.2, 0.25) is 5.56 Å². The molecule has 7 nitrogen and oxygen atoms in total. The predicted molar refractivity (Wildman–Crippen MR) is 84.3 cm³/mol. The van der Waals surface area contributed by atoms with E-state index in [-0.39, 0.29) is 23.7 Å². The fourth-order valence-electron chi connectivity index (χ4n) is 2.14. The summed E-state index contributed by atoms with van der Waals surface area (Å²) in [5, 5.41) is 6.99. The molecule has 3 aromatic rings. The molecular formula is C16H15N5O2. The van der Waals surface area contributed by atoms with Crippen molar-refractivity contribution < 1.29 is 4.79 Å². The van der Waals surface area contributed by atoms with E-state index >= 15 is 0 Å². The number of carbonyl (C=O) groups is 1. The molecule has 7 heteroatoms. The number of nitrogens with zero attached hydrogens (tertiary/aromatic N) is 3. The van der Waals surface area contributed by atoms with Crippen LogP contribution >= 0.6 is 0 Å². The maximum atomic E-state index is 12.1. The van der Waals surface area contributed by atoms with Crippen molar-refractivity contribution in [1.82, 2.24) is 25.1 Å². The normalized spacial score (nSPS) is 10.5. The van der Waals surface area contributed by atoms with Crippen LogP contribution in [-0.4, -0.2) is 25.7 Å². The lowest BCUT2D eigenvalue weighted by Crippen LogP contribution is -2.26. The van der Waals surface area contributed by atoms with Crippen LogP contribution in [0.15, 0.2) is 53.6 Å². The molecule has 23 heavy (non-hydrogen) atoms. The van der Waals surface area contributed by atoms with Gasteiger partial charge in [-0.15, -0.1) is 5.10 Å². The number of hydrogen-bond donors (Lipinski definition) is 2. The third kappa shape index (κ3) is 3.52. The number of aromatic amines is 1. The number of carbonyl (C=O) groups excluding carboxylic acids is 1. The van der Waals surface area contributed by atoms with Gasteiger partial charge < -0.3 is 10.3 Å². The van der Waals surface area contributed by atoms with Crippen LogP contribution in [0.5, 0.6) is 0 Å². The van der Waals surface area contributed by atoms with Crippen LogP contribution in [0.4, 0.5) is 0 Å². The summed E-state index contributed by atoms with van der Waals surface area (Å²) in [6, 6.07) is 12.6. The van der Waals surface area contributed by atoms with Crippen LogP contribution < -0.4 is 10.9 Å². The molecule has 0 aliphatic carbocycles. The highest BCUT2D eigenvalue weighted by Gasteiger charge is 2.09. The first-order chi connectivity index (χ1) is 11.1. The number of amides is 1. The second kappa shape index (κ2) is 6.27. The Balaban J connectivity index is 1.68. The number of nitrogens with one attached hydrogen (secondary N) is 2. The summed E-state index contributed by atoms with van der Waals surface area (Å²) < 4.78 is 1.63. The quantitative estimate of drug-likeness (QED) is 0.757. The smallest absolute Gasteiger partial charge is 0.268 e. The fourth-order valence-corrected chi connectivity index (χ4v) is 2.14. The summed E-state index contributed by atoms with van der Waals surface area (Å²) in [5.41, 5.74) is 1.53. The molecule has 3 rings (SSSR count). The molecule has 0 aliphatic heterocycles. The molecule has 0 radical (unpaired) electrons. The van der Waals surface area contributed by atoms with E-state index in [1.807, 2.05) is 30.3 Å². The lowest BCUT2D eigenvalue weighted by molar-refractivity contribution is 0.0944. The van der Waals surface area contributed by atoms with Gasteiger partial charge in [0.1, 0.15) is 12.0 Å².